The molecule has 0 bridgehead atoms. The lowest BCUT2D eigenvalue weighted by molar-refractivity contribution is -0.157. The van der Waals surface area contributed by atoms with Crippen LogP contribution in [0.1, 0.15) is 23.9 Å². The zero-order valence-corrected chi connectivity index (χ0v) is 18.7. The number of ether oxygens (including phenoxy) is 1. The molecule has 1 aromatic heterocycles. The summed E-state index contributed by atoms with van der Waals surface area (Å²) in [4.78, 5) is 40.3. The molecule has 11 heteroatoms. The van der Waals surface area contributed by atoms with Crippen LogP contribution in [0, 0.1) is 13.8 Å². The third kappa shape index (κ3) is 5.72. The van der Waals surface area contributed by atoms with E-state index < -0.39 is 42.4 Å². The van der Waals surface area contributed by atoms with Crippen LogP contribution in [0.25, 0.3) is 11.0 Å². The maximum absolute atomic E-state index is 13.4. The molecule has 2 N–H and O–H groups in total. The summed E-state index contributed by atoms with van der Waals surface area (Å²) in [5, 5.41) is 5.05. The molecule has 3 rings (SSSR count). The number of benzene rings is 2. The zero-order valence-electron chi connectivity index (χ0n) is 18.7. The average molecular weight is 476 g/mol. The van der Waals surface area contributed by atoms with Gasteiger partial charge in [0.2, 0.25) is 11.7 Å². The summed E-state index contributed by atoms with van der Waals surface area (Å²) in [6.45, 7) is 3.75. The van der Waals surface area contributed by atoms with Crippen LogP contribution in [-0.2, 0) is 31.8 Å². The van der Waals surface area contributed by atoms with E-state index in [1.54, 1.807) is 0 Å². The summed E-state index contributed by atoms with van der Waals surface area (Å²) in [5.41, 5.74) is 2.52. The number of anilines is 1. The highest BCUT2D eigenvalue weighted by atomic mass is 19.4. The van der Waals surface area contributed by atoms with E-state index in [0.717, 1.165) is 11.1 Å². The van der Waals surface area contributed by atoms with Gasteiger partial charge in [-0.2, -0.15) is 13.2 Å². The van der Waals surface area contributed by atoms with Crippen LogP contribution in [0.2, 0.25) is 0 Å². The minimum absolute atomic E-state index is 0.0725. The van der Waals surface area contributed by atoms with Crippen LogP contribution in [0.3, 0.4) is 0 Å². The van der Waals surface area contributed by atoms with Crippen molar-refractivity contribution in [3.63, 3.8) is 0 Å². The third-order valence-corrected chi connectivity index (χ3v) is 5.04. The van der Waals surface area contributed by atoms with E-state index in [-0.39, 0.29) is 17.6 Å². The van der Waals surface area contributed by atoms with Gasteiger partial charge in [-0.15, -0.1) is 0 Å². The molecule has 0 saturated carbocycles. The van der Waals surface area contributed by atoms with Gasteiger partial charge in [-0.3, -0.25) is 14.4 Å². The smallest absolute Gasteiger partial charge is 0.449 e. The van der Waals surface area contributed by atoms with Gasteiger partial charge in [0.15, 0.2) is 6.10 Å². The molecule has 0 radical (unpaired) electrons. The number of nitrogens with one attached hydrogen (secondary N) is 2. The van der Waals surface area contributed by atoms with Gasteiger partial charge in [0.1, 0.15) is 6.54 Å². The van der Waals surface area contributed by atoms with E-state index in [4.69, 9.17) is 4.74 Å². The van der Waals surface area contributed by atoms with Crippen LogP contribution in [-0.4, -0.2) is 40.0 Å². The molecule has 0 aliphatic carbocycles. The molecule has 34 heavy (non-hydrogen) atoms. The Bertz CT molecular complexity index is 1220. The molecule has 0 spiro atoms. The predicted molar refractivity (Wildman–Crippen MR) is 118 cm³/mol. The minimum atomic E-state index is -4.79. The van der Waals surface area contributed by atoms with E-state index in [1.807, 2.05) is 32.0 Å². The molecule has 8 nitrogen and oxygen atoms in total. The van der Waals surface area contributed by atoms with E-state index in [2.05, 4.69) is 15.6 Å². The number of hydrogen-bond donors (Lipinski definition) is 2. The zero-order chi connectivity index (χ0) is 25.0. The number of carbonyl (C=O) groups excluding carboxylic acids is 3. The molecule has 3 aromatic rings. The Morgan fingerprint density at radius 2 is 1.71 bits per heavy atom. The van der Waals surface area contributed by atoms with Crippen LogP contribution in [0.4, 0.5) is 18.9 Å². The lowest BCUT2D eigenvalue weighted by Gasteiger charge is -2.16. The van der Waals surface area contributed by atoms with Crippen LogP contribution in [0.5, 0.6) is 0 Å². The number of aryl methyl sites for hydroxylation is 2. The number of aromatic nitrogens is 2. The Kier molecular flexibility index (Phi) is 7.23. The number of amides is 2. The fourth-order valence-electron chi connectivity index (χ4n) is 3.38. The topological polar surface area (TPSA) is 102 Å². The number of carbonyl (C=O) groups is 3. The number of fused-ring (bicyclic) bond motifs is 1. The highest BCUT2D eigenvalue weighted by Crippen LogP contribution is 2.31. The summed E-state index contributed by atoms with van der Waals surface area (Å²) < 4.78 is 45.8. The van der Waals surface area contributed by atoms with E-state index in [1.165, 1.54) is 31.2 Å². The number of halogens is 3. The number of imidazole rings is 1. The first-order valence-electron chi connectivity index (χ1n) is 10.3. The van der Waals surface area contributed by atoms with E-state index in [0.29, 0.717) is 10.3 Å². The van der Waals surface area contributed by atoms with Gasteiger partial charge in [0.05, 0.1) is 17.6 Å². The second kappa shape index (κ2) is 9.94. The molecule has 0 aliphatic rings. The third-order valence-electron chi connectivity index (χ3n) is 5.04. The highest BCUT2D eigenvalue weighted by Gasteiger charge is 2.38. The second-order valence-electron chi connectivity index (χ2n) is 7.67. The molecule has 1 heterocycles. The predicted octanol–water partition coefficient (Wildman–Crippen LogP) is 3.36. The maximum atomic E-state index is 13.4. The molecule has 1 atom stereocenters. The Labute approximate surface area is 193 Å². The van der Waals surface area contributed by atoms with Crippen molar-refractivity contribution in [2.75, 3.05) is 11.9 Å². The molecular weight excluding hydrogens is 453 g/mol. The molecule has 2 aromatic carbocycles. The SMILES string of the molecule is Cc1cccc(C)c1NC(=O)CNC(=O)C(C)OC(=O)Cn1c(C(F)(F)F)nc2ccccc21. The van der Waals surface area contributed by atoms with Gasteiger partial charge >= 0.3 is 12.1 Å². The molecule has 2 amide bonds. The summed E-state index contributed by atoms with van der Waals surface area (Å²) in [5.74, 6) is -3.55. The van der Waals surface area contributed by atoms with E-state index >= 15 is 0 Å². The number of esters is 1. The average Bonchev–Trinajstić information content (AvgIpc) is 3.13. The van der Waals surface area contributed by atoms with Crippen LogP contribution < -0.4 is 10.6 Å². The minimum Gasteiger partial charge on any atom is -0.451 e. The van der Waals surface area contributed by atoms with Gasteiger partial charge in [0.25, 0.3) is 5.91 Å². The number of alkyl halides is 3. The molecule has 0 fully saturated rings. The Morgan fingerprint density at radius 3 is 2.35 bits per heavy atom. The van der Waals surface area contributed by atoms with Crippen molar-refractivity contribution in [3.05, 3.63) is 59.4 Å². The standard InChI is InChI=1S/C23H23F3N4O4/c1-13-7-6-8-14(2)20(13)29-18(31)11-27-21(33)15(3)34-19(32)12-30-17-10-5-4-9-16(17)28-22(30)23(24,25)26/h4-10,15H,11-12H2,1-3H3,(H,27,33)(H,29,31). The van der Waals surface area contributed by atoms with Crippen molar-refractivity contribution in [2.45, 2.75) is 39.6 Å². The van der Waals surface area contributed by atoms with Crippen molar-refractivity contribution in [1.82, 2.24) is 14.9 Å². The van der Waals surface area contributed by atoms with Crippen LogP contribution >= 0.6 is 0 Å². The number of hydrogen-bond acceptors (Lipinski definition) is 5. The van der Waals surface area contributed by atoms with Crippen LogP contribution in [0.15, 0.2) is 42.5 Å². The summed E-state index contributed by atoms with van der Waals surface area (Å²) in [7, 11) is 0. The summed E-state index contributed by atoms with van der Waals surface area (Å²) in [6.07, 6.45) is -6.12. The number of nitrogens with zero attached hydrogens (tertiary/aromatic N) is 2. The summed E-state index contributed by atoms with van der Waals surface area (Å²) >= 11 is 0. The fourth-order valence-corrected chi connectivity index (χ4v) is 3.38. The molecule has 0 saturated heterocycles. The van der Waals surface area contributed by atoms with Gasteiger partial charge in [-0.1, -0.05) is 30.3 Å². The van der Waals surface area contributed by atoms with Crippen molar-refractivity contribution in [2.24, 2.45) is 0 Å². The van der Waals surface area contributed by atoms with Gasteiger partial charge in [0, 0.05) is 5.69 Å². The monoisotopic (exact) mass is 476 g/mol. The first kappa shape index (κ1) is 24.7. The Balaban J connectivity index is 1.59. The first-order valence-corrected chi connectivity index (χ1v) is 10.3. The second-order valence-corrected chi connectivity index (χ2v) is 7.67. The molecule has 1 unspecified atom stereocenters. The molecular formula is C23H23F3N4O4. The Morgan fingerprint density at radius 1 is 1.06 bits per heavy atom. The number of para-hydroxylation sites is 3. The largest absolute Gasteiger partial charge is 0.451 e. The summed E-state index contributed by atoms with van der Waals surface area (Å²) in [6, 6.07) is 11.4. The fraction of sp³-hybridized carbons (Fsp3) is 0.304. The van der Waals surface area contributed by atoms with Crippen molar-refractivity contribution >= 4 is 34.5 Å². The lowest BCUT2D eigenvalue weighted by Crippen LogP contribution is -2.40. The Hall–Kier alpha value is -3.89. The van der Waals surface area contributed by atoms with E-state index in [9.17, 15) is 27.6 Å². The van der Waals surface area contributed by atoms with Crippen molar-refractivity contribution < 1.29 is 32.3 Å². The first-order chi connectivity index (χ1) is 16.0. The lowest BCUT2D eigenvalue weighted by atomic mass is 10.1. The molecule has 0 aliphatic heterocycles. The highest BCUT2D eigenvalue weighted by molar-refractivity contribution is 5.96. The van der Waals surface area contributed by atoms with Gasteiger partial charge in [-0.25, -0.2) is 4.98 Å². The van der Waals surface area contributed by atoms with Crippen molar-refractivity contribution in [1.29, 1.82) is 0 Å². The molecule has 180 valence electrons. The quantitative estimate of drug-likeness (QED) is 0.509. The normalized spacial score (nSPS) is 12.3. The van der Waals surface area contributed by atoms with Gasteiger partial charge < -0.3 is 19.9 Å². The maximum Gasteiger partial charge on any atom is 0.449 e. The van der Waals surface area contributed by atoms with Gasteiger partial charge in [-0.05, 0) is 44.0 Å². The number of rotatable bonds is 7. The van der Waals surface area contributed by atoms with Crippen molar-refractivity contribution in [3.8, 4) is 0 Å².